The molecule has 1 amide bonds. The third-order valence-electron chi connectivity index (χ3n) is 3.81. The molecule has 0 fully saturated rings. The highest BCUT2D eigenvalue weighted by Crippen LogP contribution is 2.21. The van der Waals surface area contributed by atoms with E-state index in [4.69, 9.17) is 4.74 Å². The molecule has 0 aliphatic rings. The van der Waals surface area contributed by atoms with Gasteiger partial charge in [0.15, 0.2) is 11.5 Å². The lowest BCUT2D eigenvalue weighted by Crippen LogP contribution is -2.25. The summed E-state index contributed by atoms with van der Waals surface area (Å²) in [5.41, 5.74) is 2.54. The third kappa shape index (κ3) is 4.12. The van der Waals surface area contributed by atoms with E-state index in [1.807, 2.05) is 37.3 Å². The number of carbonyl (C=O) groups excluding carboxylic acids is 1. The molecule has 0 bridgehead atoms. The molecule has 130 valence electrons. The quantitative estimate of drug-likeness (QED) is 0.714. The maximum absolute atomic E-state index is 11.5. The predicted molar refractivity (Wildman–Crippen MR) is 94.4 cm³/mol. The van der Waals surface area contributed by atoms with Crippen molar-refractivity contribution in [2.24, 2.45) is 0 Å². The number of amides is 1. The van der Waals surface area contributed by atoms with E-state index in [1.165, 1.54) is 0 Å². The van der Waals surface area contributed by atoms with Crippen LogP contribution in [0.1, 0.15) is 25.6 Å². The molecule has 1 aromatic carbocycles. The van der Waals surface area contributed by atoms with Crippen LogP contribution in [0.15, 0.2) is 36.7 Å². The Hall–Kier alpha value is -2.96. The van der Waals surface area contributed by atoms with Gasteiger partial charge in [-0.3, -0.25) is 4.79 Å². The highest BCUT2D eigenvalue weighted by molar-refractivity contribution is 5.75. The van der Waals surface area contributed by atoms with Crippen LogP contribution in [0.25, 0.3) is 16.9 Å². The van der Waals surface area contributed by atoms with E-state index in [-0.39, 0.29) is 5.91 Å². The first-order valence-electron chi connectivity index (χ1n) is 8.32. The lowest BCUT2D eigenvalue weighted by molar-refractivity contribution is -0.121. The highest BCUT2D eigenvalue weighted by atomic mass is 16.5. The van der Waals surface area contributed by atoms with Gasteiger partial charge < -0.3 is 10.1 Å². The topological polar surface area (TPSA) is 81.4 Å². The van der Waals surface area contributed by atoms with Gasteiger partial charge in [-0.2, -0.15) is 0 Å². The van der Waals surface area contributed by atoms with Gasteiger partial charge in [0.1, 0.15) is 12.1 Å². The van der Waals surface area contributed by atoms with Gasteiger partial charge in [0.2, 0.25) is 5.91 Å². The maximum Gasteiger partial charge on any atom is 0.219 e. The van der Waals surface area contributed by atoms with Crippen LogP contribution in [0.3, 0.4) is 0 Å². The molecule has 0 saturated heterocycles. The van der Waals surface area contributed by atoms with Crippen LogP contribution in [-0.4, -0.2) is 39.1 Å². The zero-order valence-electron chi connectivity index (χ0n) is 14.4. The number of rotatable bonds is 7. The standard InChI is InChI=1S/C18H21N5O2/c1-3-4-18(24)19-10-9-16-21-17-11-15(20-12-23(17)22-16)13-5-7-14(25-2)8-6-13/h5-8,11-12H,3-4,9-10H2,1-2H3,(H,19,24). The number of aromatic nitrogens is 4. The minimum Gasteiger partial charge on any atom is -0.497 e. The van der Waals surface area contributed by atoms with Crippen LogP contribution in [-0.2, 0) is 11.2 Å². The summed E-state index contributed by atoms with van der Waals surface area (Å²) in [7, 11) is 1.64. The van der Waals surface area contributed by atoms with E-state index in [1.54, 1.807) is 18.0 Å². The molecule has 2 heterocycles. The Kier molecular flexibility index (Phi) is 5.23. The van der Waals surface area contributed by atoms with E-state index < -0.39 is 0 Å². The van der Waals surface area contributed by atoms with Crippen LogP contribution >= 0.6 is 0 Å². The summed E-state index contributed by atoms with van der Waals surface area (Å²) in [5.74, 6) is 1.56. The largest absolute Gasteiger partial charge is 0.497 e. The van der Waals surface area contributed by atoms with Crippen molar-refractivity contribution >= 4 is 11.6 Å². The van der Waals surface area contributed by atoms with Crippen molar-refractivity contribution in [1.82, 2.24) is 24.9 Å². The number of ether oxygens (including phenoxy) is 1. The minimum absolute atomic E-state index is 0.0646. The number of carbonyl (C=O) groups is 1. The van der Waals surface area contributed by atoms with Crippen molar-refractivity contribution in [3.05, 3.63) is 42.5 Å². The summed E-state index contributed by atoms with van der Waals surface area (Å²) in [6, 6.07) is 9.61. The molecule has 25 heavy (non-hydrogen) atoms. The molecule has 3 aromatic rings. The Bertz CT molecular complexity index is 858. The SMILES string of the molecule is CCCC(=O)NCCc1nc2cc(-c3ccc(OC)cc3)ncn2n1. The van der Waals surface area contributed by atoms with Gasteiger partial charge in [-0.05, 0) is 30.7 Å². The Morgan fingerprint density at radius 3 is 2.80 bits per heavy atom. The number of methoxy groups -OCH3 is 1. The summed E-state index contributed by atoms with van der Waals surface area (Å²) in [4.78, 5) is 20.4. The van der Waals surface area contributed by atoms with Crippen molar-refractivity contribution in [2.45, 2.75) is 26.2 Å². The molecule has 0 aliphatic carbocycles. The summed E-state index contributed by atoms with van der Waals surface area (Å²) in [6.07, 6.45) is 3.64. The van der Waals surface area contributed by atoms with Crippen molar-refractivity contribution in [3.8, 4) is 17.0 Å². The molecule has 0 radical (unpaired) electrons. The van der Waals surface area contributed by atoms with Crippen LogP contribution in [0, 0.1) is 0 Å². The fourth-order valence-electron chi connectivity index (χ4n) is 2.50. The van der Waals surface area contributed by atoms with Crippen LogP contribution < -0.4 is 10.1 Å². The van der Waals surface area contributed by atoms with E-state index in [9.17, 15) is 4.79 Å². The van der Waals surface area contributed by atoms with E-state index in [2.05, 4.69) is 20.4 Å². The molecule has 3 rings (SSSR count). The van der Waals surface area contributed by atoms with E-state index in [0.717, 1.165) is 29.1 Å². The van der Waals surface area contributed by atoms with Crippen molar-refractivity contribution in [2.75, 3.05) is 13.7 Å². The van der Waals surface area contributed by atoms with Gasteiger partial charge in [0, 0.05) is 31.0 Å². The number of benzene rings is 1. The monoisotopic (exact) mass is 339 g/mol. The molecule has 0 saturated carbocycles. The smallest absolute Gasteiger partial charge is 0.219 e. The summed E-state index contributed by atoms with van der Waals surface area (Å²) in [5, 5.41) is 7.26. The number of hydrogen-bond donors (Lipinski definition) is 1. The maximum atomic E-state index is 11.5. The van der Waals surface area contributed by atoms with Gasteiger partial charge in [-0.1, -0.05) is 6.92 Å². The molecule has 1 N–H and O–H groups in total. The highest BCUT2D eigenvalue weighted by Gasteiger charge is 2.08. The molecular formula is C18H21N5O2. The van der Waals surface area contributed by atoms with Gasteiger partial charge in [0.25, 0.3) is 0 Å². The first-order valence-corrected chi connectivity index (χ1v) is 8.32. The molecule has 7 heteroatoms. The number of fused-ring (bicyclic) bond motifs is 1. The van der Waals surface area contributed by atoms with Gasteiger partial charge in [-0.15, -0.1) is 5.10 Å². The summed E-state index contributed by atoms with van der Waals surface area (Å²) in [6.45, 7) is 2.52. The second-order valence-corrected chi connectivity index (χ2v) is 5.68. The Balaban J connectivity index is 1.71. The Morgan fingerprint density at radius 1 is 1.28 bits per heavy atom. The van der Waals surface area contributed by atoms with Crippen LogP contribution in [0.4, 0.5) is 0 Å². The minimum atomic E-state index is 0.0646. The molecular weight excluding hydrogens is 318 g/mol. The average Bonchev–Trinajstić information content (AvgIpc) is 3.04. The molecule has 2 aromatic heterocycles. The first-order chi connectivity index (χ1) is 12.2. The zero-order valence-corrected chi connectivity index (χ0v) is 14.4. The van der Waals surface area contributed by atoms with Gasteiger partial charge in [0.05, 0.1) is 12.8 Å². The second kappa shape index (κ2) is 7.74. The zero-order chi connectivity index (χ0) is 17.6. The Labute approximate surface area is 146 Å². The fourth-order valence-corrected chi connectivity index (χ4v) is 2.50. The van der Waals surface area contributed by atoms with Crippen LogP contribution in [0.2, 0.25) is 0 Å². The normalized spacial score (nSPS) is 10.8. The number of hydrogen-bond acceptors (Lipinski definition) is 5. The van der Waals surface area contributed by atoms with E-state index in [0.29, 0.717) is 25.2 Å². The van der Waals surface area contributed by atoms with E-state index >= 15 is 0 Å². The molecule has 0 unspecified atom stereocenters. The lowest BCUT2D eigenvalue weighted by atomic mass is 10.1. The molecule has 7 nitrogen and oxygen atoms in total. The van der Waals surface area contributed by atoms with Gasteiger partial charge in [-0.25, -0.2) is 14.5 Å². The fraction of sp³-hybridized carbons (Fsp3) is 0.333. The predicted octanol–water partition coefficient (Wildman–Crippen LogP) is 2.26. The van der Waals surface area contributed by atoms with Crippen molar-refractivity contribution in [3.63, 3.8) is 0 Å². The lowest BCUT2D eigenvalue weighted by Gasteiger charge is -2.02. The Morgan fingerprint density at radius 2 is 2.08 bits per heavy atom. The molecule has 0 atom stereocenters. The number of nitrogens with zero attached hydrogens (tertiary/aromatic N) is 4. The van der Waals surface area contributed by atoms with Crippen molar-refractivity contribution < 1.29 is 9.53 Å². The third-order valence-corrected chi connectivity index (χ3v) is 3.81. The second-order valence-electron chi connectivity index (χ2n) is 5.68. The molecule has 0 aliphatic heterocycles. The average molecular weight is 339 g/mol. The van der Waals surface area contributed by atoms with Gasteiger partial charge >= 0.3 is 0 Å². The number of nitrogens with one attached hydrogen (secondary N) is 1. The summed E-state index contributed by atoms with van der Waals surface area (Å²) < 4.78 is 6.82. The molecule has 0 spiro atoms. The summed E-state index contributed by atoms with van der Waals surface area (Å²) >= 11 is 0. The van der Waals surface area contributed by atoms with Crippen LogP contribution in [0.5, 0.6) is 5.75 Å². The van der Waals surface area contributed by atoms with Crippen molar-refractivity contribution in [1.29, 1.82) is 0 Å². The first kappa shape index (κ1) is 16.9.